The minimum atomic E-state index is -0.659. The van der Waals surface area contributed by atoms with E-state index in [1.165, 1.54) is 11.1 Å². The lowest BCUT2D eigenvalue weighted by molar-refractivity contribution is 0.0209. The van der Waals surface area contributed by atoms with Gasteiger partial charge in [-0.05, 0) is 24.6 Å². The Kier molecular flexibility index (Phi) is 7.43. The van der Waals surface area contributed by atoms with E-state index in [0.29, 0.717) is 37.2 Å². The Bertz CT molecular complexity index is 1020. The van der Waals surface area contributed by atoms with Crippen LogP contribution in [-0.2, 0) is 17.7 Å². The van der Waals surface area contributed by atoms with Crippen LogP contribution in [0.4, 0.5) is 11.8 Å². The number of hydrogen-bond donors (Lipinski definition) is 3. The Morgan fingerprint density at radius 3 is 2.66 bits per heavy atom. The summed E-state index contributed by atoms with van der Waals surface area (Å²) in [5.74, 6) is 0.875. The lowest BCUT2D eigenvalue weighted by atomic mass is 10.00. The lowest BCUT2D eigenvalue weighted by Crippen LogP contribution is -2.46. The van der Waals surface area contributed by atoms with Crippen molar-refractivity contribution in [1.82, 2.24) is 25.1 Å². The molecule has 1 atom stereocenters. The number of nitrogens with one attached hydrogen (secondary N) is 2. The number of likely N-dealkylation sites (N-methyl/N-ethyl adjacent to an activating group) is 1. The molecule has 10 heteroatoms. The van der Waals surface area contributed by atoms with Gasteiger partial charge >= 0.3 is 0 Å². The summed E-state index contributed by atoms with van der Waals surface area (Å²) in [6.45, 7) is 7.13. The monoisotopic (exact) mass is 481 g/mol. The molecule has 0 saturated carbocycles. The Labute approximate surface area is 206 Å². The quantitative estimate of drug-likeness (QED) is 0.487. The van der Waals surface area contributed by atoms with Gasteiger partial charge < -0.3 is 30.3 Å². The SMILES string of the molecule is CN1CCN(c2nc(NC3COC3)cc(C(=O)NC[C@H](O)CN3CCc4ccccc4C3)n2)CC1. The number of amides is 1. The van der Waals surface area contributed by atoms with Gasteiger partial charge in [-0.25, -0.2) is 4.98 Å². The number of benzene rings is 1. The predicted octanol–water partition coefficient (Wildman–Crippen LogP) is 0.188. The average molecular weight is 482 g/mol. The van der Waals surface area contributed by atoms with Crippen LogP contribution in [0, 0.1) is 0 Å². The number of carbonyl (C=O) groups excluding carboxylic acids is 1. The minimum Gasteiger partial charge on any atom is -0.390 e. The van der Waals surface area contributed by atoms with Crippen molar-refractivity contribution in [2.24, 2.45) is 0 Å². The summed E-state index contributed by atoms with van der Waals surface area (Å²) in [5, 5.41) is 16.8. The van der Waals surface area contributed by atoms with Gasteiger partial charge in [-0.2, -0.15) is 4.98 Å². The van der Waals surface area contributed by atoms with Crippen molar-refractivity contribution in [2.75, 3.05) is 76.3 Å². The molecule has 2 aromatic rings. The lowest BCUT2D eigenvalue weighted by Gasteiger charge is -2.33. The first-order chi connectivity index (χ1) is 17.0. The first-order valence-corrected chi connectivity index (χ1v) is 12.5. The van der Waals surface area contributed by atoms with Gasteiger partial charge in [0.1, 0.15) is 11.5 Å². The van der Waals surface area contributed by atoms with E-state index >= 15 is 0 Å². The topological polar surface area (TPSA) is 106 Å². The fourth-order valence-corrected chi connectivity index (χ4v) is 4.67. The normalized spacial score (nSPS) is 20.1. The summed E-state index contributed by atoms with van der Waals surface area (Å²) >= 11 is 0. The van der Waals surface area contributed by atoms with Gasteiger partial charge in [0.15, 0.2) is 0 Å². The average Bonchev–Trinajstić information content (AvgIpc) is 2.85. The molecule has 0 unspecified atom stereocenters. The van der Waals surface area contributed by atoms with E-state index in [1.807, 2.05) is 0 Å². The van der Waals surface area contributed by atoms with Gasteiger partial charge in [-0.15, -0.1) is 0 Å². The van der Waals surface area contributed by atoms with Crippen molar-refractivity contribution in [1.29, 1.82) is 0 Å². The van der Waals surface area contributed by atoms with Crippen LogP contribution in [0.5, 0.6) is 0 Å². The van der Waals surface area contributed by atoms with E-state index in [0.717, 1.165) is 45.7 Å². The smallest absolute Gasteiger partial charge is 0.270 e. The molecule has 35 heavy (non-hydrogen) atoms. The van der Waals surface area contributed by atoms with E-state index < -0.39 is 6.10 Å². The molecule has 1 aromatic heterocycles. The second-order valence-electron chi connectivity index (χ2n) is 9.73. The molecule has 0 spiro atoms. The predicted molar refractivity (Wildman–Crippen MR) is 134 cm³/mol. The van der Waals surface area contributed by atoms with Crippen molar-refractivity contribution < 1.29 is 14.6 Å². The molecular formula is C25H35N7O3. The highest BCUT2D eigenvalue weighted by Crippen LogP contribution is 2.19. The fourth-order valence-electron chi connectivity index (χ4n) is 4.67. The zero-order valence-electron chi connectivity index (χ0n) is 20.3. The van der Waals surface area contributed by atoms with Gasteiger partial charge in [0.05, 0.1) is 25.4 Å². The zero-order valence-corrected chi connectivity index (χ0v) is 20.3. The highest BCUT2D eigenvalue weighted by molar-refractivity contribution is 5.93. The summed E-state index contributed by atoms with van der Waals surface area (Å²) < 4.78 is 5.26. The van der Waals surface area contributed by atoms with Crippen LogP contribution in [0.1, 0.15) is 21.6 Å². The number of β-amino-alcohol motifs (C(OH)–C–C–N with tert-alkyl or cyclic N) is 1. The number of aliphatic hydroxyl groups is 1. The van der Waals surface area contributed by atoms with Crippen LogP contribution < -0.4 is 15.5 Å². The molecule has 3 aliphatic rings. The number of anilines is 2. The van der Waals surface area contributed by atoms with E-state index in [-0.39, 0.29) is 18.5 Å². The van der Waals surface area contributed by atoms with Crippen LogP contribution in [0.25, 0.3) is 0 Å². The third-order valence-electron chi connectivity index (χ3n) is 6.90. The van der Waals surface area contributed by atoms with Crippen LogP contribution >= 0.6 is 0 Å². The first kappa shape index (κ1) is 23.9. The molecule has 1 aromatic carbocycles. The van der Waals surface area contributed by atoms with Crippen molar-refractivity contribution >= 4 is 17.7 Å². The van der Waals surface area contributed by atoms with Crippen molar-refractivity contribution in [2.45, 2.75) is 25.1 Å². The van der Waals surface area contributed by atoms with Gasteiger partial charge in [0.25, 0.3) is 5.91 Å². The second-order valence-corrected chi connectivity index (χ2v) is 9.73. The third kappa shape index (κ3) is 6.07. The molecular weight excluding hydrogens is 446 g/mol. The van der Waals surface area contributed by atoms with Crippen molar-refractivity contribution in [3.63, 3.8) is 0 Å². The van der Waals surface area contributed by atoms with E-state index in [4.69, 9.17) is 4.74 Å². The van der Waals surface area contributed by atoms with Crippen LogP contribution in [0.3, 0.4) is 0 Å². The molecule has 5 rings (SSSR count). The number of nitrogens with zero attached hydrogens (tertiary/aromatic N) is 5. The maximum atomic E-state index is 13.0. The number of hydrogen-bond acceptors (Lipinski definition) is 9. The summed E-state index contributed by atoms with van der Waals surface area (Å²) in [5.41, 5.74) is 2.99. The van der Waals surface area contributed by atoms with Gasteiger partial charge in [-0.1, -0.05) is 24.3 Å². The van der Waals surface area contributed by atoms with Gasteiger partial charge in [0, 0.05) is 58.4 Å². The third-order valence-corrected chi connectivity index (χ3v) is 6.90. The summed E-state index contributed by atoms with van der Waals surface area (Å²) in [6, 6.07) is 10.3. The number of aromatic nitrogens is 2. The Morgan fingerprint density at radius 1 is 1.14 bits per heavy atom. The molecule has 0 radical (unpaired) electrons. The van der Waals surface area contributed by atoms with Gasteiger partial charge in [-0.3, -0.25) is 9.69 Å². The van der Waals surface area contributed by atoms with E-state index in [2.05, 4.69) is 66.6 Å². The number of ether oxygens (including phenoxy) is 1. The highest BCUT2D eigenvalue weighted by atomic mass is 16.5. The van der Waals surface area contributed by atoms with E-state index in [1.54, 1.807) is 6.07 Å². The summed E-state index contributed by atoms with van der Waals surface area (Å²) in [7, 11) is 2.10. The molecule has 0 aliphatic carbocycles. The fraction of sp³-hybridized carbons (Fsp3) is 0.560. The Hall–Kier alpha value is -2.79. The number of carbonyl (C=O) groups is 1. The number of aliphatic hydroxyl groups excluding tert-OH is 1. The standard InChI is InChI=1S/C25H35N7O3/c1-30-8-10-32(11-9-30)25-28-22(12-23(29-25)27-20-16-35-17-20)24(34)26-13-21(33)15-31-7-6-18-4-2-3-5-19(18)14-31/h2-5,12,20-21,33H,6-11,13-17H2,1H3,(H,26,34)(H,27,28,29)/t21-/m0/s1. The molecule has 0 bridgehead atoms. The second kappa shape index (κ2) is 10.9. The van der Waals surface area contributed by atoms with Crippen LogP contribution in [0.2, 0.25) is 0 Å². The molecule has 2 fully saturated rings. The molecule has 2 saturated heterocycles. The number of piperazine rings is 1. The Balaban J connectivity index is 1.20. The molecule has 188 valence electrons. The maximum absolute atomic E-state index is 13.0. The number of fused-ring (bicyclic) bond motifs is 1. The van der Waals surface area contributed by atoms with Crippen LogP contribution in [0.15, 0.2) is 30.3 Å². The molecule has 4 heterocycles. The largest absolute Gasteiger partial charge is 0.390 e. The van der Waals surface area contributed by atoms with Crippen molar-refractivity contribution in [3.8, 4) is 0 Å². The summed E-state index contributed by atoms with van der Waals surface area (Å²) in [6.07, 6.45) is 0.320. The molecule has 3 aliphatic heterocycles. The maximum Gasteiger partial charge on any atom is 0.270 e. The highest BCUT2D eigenvalue weighted by Gasteiger charge is 2.24. The van der Waals surface area contributed by atoms with Crippen molar-refractivity contribution in [3.05, 3.63) is 47.2 Å². The zero-order chi connectivity index (χ0) is 24.2. The van der Waals surface area contributed by atoms with Gasteiger partial charge in [0.2, 0.25) is 5.95 Å². The van der Waals surface area contributed by atoms with E-state index in [9.17, 15) is 9.90 Å². The minimum absolute atomic E-state index is 0.171. The molecule has 10 nitrogen and oxygen atoms in total. The summed E-state index contributed by atoms with van der Waals surface area (Å²) in [4.78, 5) is 28.9. The molecule has 3 N–H and O–H groups in total. The number of rotatable bonds is 8. The molecule has 1 amide bonds. The van der Waals surface area contributed by atoms with Crippen LogP contribution in [-0.4, -0.2) is 109 Å². The Morgan fingerprint density at radius 2 is 1.91 bits per heavy atom. The first-order valence-electron chi connectivity index (χ1n) is 12.5.